The molecule has 0 spiro atoms. The molecule has 0 radical (unpaired) electrons. The number of carboxylic acid groups (broad SMARTS) is 1. The lowest BCUT2D eigenvalue weighted by atomic mass is 10.1. The van der Waals surface area contributed by atoms with Crippen molar-refractivity contribution in [3.63, 3.8) is 0 Å². The third-order valence-corrected chi connectivity index (χ3v) is 2.40. The Morgan fingerprint density at radius 3 is 2.59 bits per heavy atom. The zero-order valence-electron chi connectivity index (χ0n) is 9.77. The highest BCUT2D eigenvalue weighted by atomic mass is 16.5. The van der Waals surface area contributed by atoms with Gasteiger partial charge in [-0.15, -0.1) is 0 Å². The average Bonchev–Trinajstić information content (AvgIpc) is 2.28. The standard InChI is InChI=1S/C12H15NO4/c1-3-7(2)17-12(16)9-5-4-8(11(14)15)6-10(9)13/h4-7H,3,13H2,1-2H3,(H,14,15). The maximum atomic E-state index is 11.7. The fourth-order valence-corrected chi connectivity index (χ4v) is 1.21. The maximum absolute atomic E-state index is 11.7. The number of carbonyl (C=O) groups is 2. The van der Waals surface area contributed by atoms with Gasteiger partial charge in [0, 0.05) is 5.69 Å². The van der Waals surface area contributed by atoms with Crippen molar-refractivity contribution in [2.75, 3.05) is 5.73 Å². The highest BCUT2D eigenvalue weighted by molar-refractivity contribution is 5.98. The van der Waals surface area contributed by atoms with Crippen LogP contribution >= 0.6 is 0 Å². The molecular weight excluding hydrogens is 222 g/mol. The van der Waals surface area contributed by atoms with Crippen molar-refractivity contribution in [1.29, 1.82) is 0 Å². The predicted octanol–water partition coefficient (Wildman–Crippen LogP) is 1.92. The van der Waals surface area contributed by atoms with Crippen LogP contribution < -0.4 is 5.73 Å². The van der Waals surface area contributed by atoms with Gasteiger partial charge in [-0.2, -0.15) is 0 Å². The van der Waals surface area contributed by atoms with E-state index < -0.39 is 11.9 Å². The zero-order chi connectivity index (χ0) is 13.0. The van der Waals surface area contributed by atoms with Gasteiger partial charge >= 0.3 is 11.9 Å². The molecule has 0 heterocycles. The van der Waals surface area contributed by atoms with E-state index in [0.717, 1.165) is 0 Å². The van der Waals surface area contributed by atoms with Gasteiger partial charge in [-0.05, 0) is 31.5 Å². The van der Waals surface area contributed by atoms with Crippen LogP contribution in [0.15, 0.2) is 18.2 Å². The van der Waals surface area contributed by atoms with Crippen molar-refractivity contribution < 1.29 is 19.4 Å². The molecule has 0 aliphatic carbocycles. The number of nitrogens with two attached hydrogens (primary N) is 1. The molecule has 92 valence electrons. The molecule has 0 aliphatic heterocycles. The monoisotopic (exact) mass is 237 g/mol. The molecule has 5 heteroatoms. The van der Waals surface area contributed by atoms with E-state index >= 15 is 0 Å². The number of benzene rings is 1. The van der Waals surface area contributed by atoms with Crippen LogP contribution in [-0.4, -0.2) is 23.1 Å². The Morgan fingerprint density at radius 2 is 2.12 bits per heavy atom. The first-order chi connectivity index (χ1) is 7.95. The number of carbonyl (C=O) groups excluding carboxylic acids is 1. The van der Waals surface area contributed by atoms with Crippen molar-refractivity contribution in [3.8, 4) is 0 Å². The molecule has 1 unspecified atom stereocenters. The smallest absolute Gasteiger partial charge is 0.340 e. The average molecular weight is 237 g/mol. The van der Waals surface area contributed by atoms with E-state index in [1.54, 1.807) is 6.92 Å². The van der Waals surface area contributed by atoms with Gasteiger partial charge in [-0.3, -0.25) is 0 Å². The summed E-state index contributed by atoms with van der Waals surface area (Å²) >= 11 is 0. The normalized spacial score (nSPS) is 11.9. The van der Waals surface area contributed by atoms with Crippen LogP contribution in [0.3, 0.4) is 0 Å². The highest BCUT2D eigenvalue weighted by Gasteiger charge is 2.15. The summed E-state index contributed by atoms with van der Waals surface area (Å²) in [4.78, 5) is 22.4. The van der Waals surface area contributed by atoms with Crippen LogP contribution in [0.25, 0.3) is 0 Å². The molecule has 1 aromatic carbocycles. The molecule has 1 atom stereocenters. The van der Waals surface area contributed by atoms with E-state index in [4.69, 9.17) is 15.6 Å². The number of hydrogen-bond donors (Lipinski definition) is 2. The summed E-state index contributed by atoms with van der Waals surface area (Å²) in [5.74, 6) is -1.62. The second-order valence-corrected chi connectivity index (χ2v) is 3.73. The summed E-state index contributed by atoms with van der Waals surface area (Å²) in [7, 11) is 0. The summed E-state index contributed by atoms with van der Waals surface area (Å²) < 4.78 is 5.10. The number of aromatic carboxylic acids is 1. The quantitative estimate of drug-likeness (QED) is 0.616. The SMILES string of the molecule is CCC(C)OC(=O)c1ccc(C(=O)O)cc1N. The first-order valence-corrected chi connectivity index (χ1v) is 5.29. The van der Waals surface area contributed by atoms with Gasteiger partial charge in [0.25, 0.3) is 0 Å². The Labute approximate surface area is 99.2 Å². The topological polar surface area (TPSA) is 89.6 Å². The molecular formula is C12H15NO4. The van der Waals surface area contributed by atoms with Crippen LogP contribution in [0.1, 0.15) is 41.0 Å². The van der Waals surface area contributed by atoms with Gasteiger partial charge in [0.1, 0.15) is 0 Å². The minimum Gasteiger partial charge on any atom is -0.478 e. The van der Waals surface area contributed by atoms with Crippen LogP contribution in [-0.2, 0) is 4.74 Å². The summed E-state index contributed by atoms with van der Waals surface area (Å²) in [6.45, 7) is 3.68. The summed E-state index contributed by atoms with van der Waals surface area (Å²) in [6.07, 6.45) is 0.514. The first kappa shape index (κ1) is 13.0. The fraction of sp³-hybridized carbons (Fsp3) is 0.333. The van der Waals surface area contributed by atoms with E-state index in [2.05, 4.69) is 0 Å². The van der Waals surface area contributed by atoms with E-state index in [1.165, 1.54) is 18.2 Å². The number of ether oxygens (including phenoxy) is 1. The Kier molecular flexibility index (Phi) is 4.09. The van der Waals surface area contributed by atoms with Gasteiger partial charge in [0.15, 0.2) is 0 Å². The molecule has 0 saturated carbocycles. The minimum absolute atomic E-state index is 0.0441. The number of esters is 1. The van der Waals surface area contributed by atoms with Gasteiger partial charge in [0.05, 0.1) is 17.2 Å². The van der Waals surface area contributed by atoms with Crippen molar-refractivity contribution >= 4 is 17.6 Å². The van der Waals surface area contributed by atoms with Gasteiger partial charge < -0.3 is 15.6 Å². The fourth-order valence-electron chi connectivity index (χ4n) is 1.21. The first-order valence-electron chi connectivity index (χ1n) is 5.29. The van der Waals surface area contributed by atoms with Crippen LogP contribution in [0.5, 0.6) is 0 Å². The Morgan fingerprint density at radius 1 is 1.47 bits per heavy atom. The Bertz CT molecular complexity index is 442. The van der Waals surface area contributed by atoms with Crippen molar-refractivity contribution in [3.05, 3.63) is 29.3 Å². The lowest BCUT2D eigenvalue weighted by Gasteiger charge is -2.12. The van der Waals surface area contributed by atoms with Gasteiger partial charge in [-0.25, -0.2) is 9.59 Å². The maximum Gasteiger partial charge on any atom is 0.340 e. The lowest BCUT2D eigenvalue weighted by molar-refractivity contribution is 0.0335. The second-order valence-electron chi connectivity index (χ2n) is 3.73. The third kappa shape index (κ3) is 3.21. The number of nitrogen functional groups attached to an aromatic ring is 1. The predicted molar refractivity (Wildman–Crippen MR) is 63.0 cm³/mol. The van der Waals surface area contributed by atoms with E-state index in [9.17, 15) is 9.59 Å². The number of carboxylic acids is 1. The molecule has 17 heavy (non-hydrogen) atoms. The number of anilines is 1. The molecule has 0 bridgehead atoms. The van der Waals surface area contributed by atoms with E-state index in [0.29, 0.717) is 6.42 Å². The van der Waals surface area contributed by atoms with Crippen molar-refractivity contribution in [2.24, 2.45) is 0 Å². The van der Waals surface area contributed by atoms with E-state index in [-0.39, 0.29) is 22.9 Å². The highest BCUT2D eigenvalue weighted by Crippen LogP contribution is 2.16. The van der Waals surface area contributed by atoms with Crippen LogP contribution in [0, 0.1) is 0 Å². The lowest BCUT2D eigenvalue weighted by Crippen LogP contribution is -2.15. The van der Waals surface area contributed by atoms with Crippen LogP contribution in [0.4, 0.5) is 5.69 Å². The summed E-state index contributed by atoms with van der Waals surface area (Å²) in [5.41, 5.74) is 5.96. The van der Waals surface area contributed by atoms with E-state index in [1.807, 2.05) is 6.92 Å². The minimum atomic E-state index is -1.08. The van der Waals surface area contributed by atoms with Crippen molar-refractivity contribution in [2.45, 2.75) is 26.4 Å². The molecule has 0 saturated heterocycles. The molecule has 0 fully saturated rings. The van der Waals surface area contributed by atoms with Gasteiger partial charge in [-0.1, -0.05) is 6.92 Å². The zero-order valence-corrected chi connectivity index (χ0v) is 9.77. The number of hydrogen-bond acceptors (Lipinski definition) is 4. The number of rotatable bonds is 4. The Hall–Kier alpha value is -2.04. The summed E-state index contributed by atoms with van der Waals surface area (Å²) in [6, 6.07) is 3.94. The molecule has 0 amide bonds. The van der Waals surface area contributed by atoms with Crippen molar-refractivity contribution in [1.82, 2.24) is 0 Å². The molecule has 1 aromatic rings. The molecule has 0 aromatic heterocycles. The molecule has 1 rings (SSSR count). The molecule has 0 aliphatic rings. The third-order valence-electron chi connectivity index (χ3n) is 2.40. The molecule has 5 nitrogen and oxygen atoms in total. The second kappa shape index (κ2) is 5.34. The van der Waals surface area contributed by atoms with Crippen LogP contribution in [0.2, 0.25) is 0 Å². The largest absolute Gasteiger partial charge is 0.478 e. The Balaban J connectivity index is 2.92. The molecule has 3 N–H and O–H groups in total. The van der Waals surface area contributed by atoms with Gasteiger partial charge in [0.2, 0.25) is 0 Å². The summed E-state index contributed by atoms with van der Waals surface area (Å²) in [5, 5.41) is 8.75.